The fraction of sp³-hybridized carbons (Fsp3) is 0.250. The predicted molar refractivity (Wildman–Crippen MR) is 101 cm³/mol. The average molecular weight is 387 g/mol. The van der Waals surface area contributed by atoms with Gasteiger partial charge in [-0.3, -0.25) is 4.79 Å². The molecule has 0 aliphatic carbocycles. The highest BCUT2D eigenvalue weighted by Gasteiger charge is 2.17. The van der Waals surface area contributed by atoms with E-state index < -0.39 is 24.5 Å². The Kier molecular flexibility index (Phi) is 6.97. The van der Waals surface area contributed by atoms with Crippen LogP contribution in [0.25, 0.3) is 0 Å². The Labute approximate surface area is 162 Å². The Bertz CT molecular complexity index is 892. The van der Waals surface area contributed by atoms with Crippen LogP contribution in [0.15, 0.2) is 36.4 Å². The van der Waals surface area contributed by atoms with Crippen molar-refractivity contribution in [2.24, 2.45) is 0 Å². The van der Waals surface area contributed by atoms with Gasteiger partial charge in [-0.05, 0) is 42.8 Å². The number of hydrogen-bond acceptors (Lipinski definition) is 7. The Morgan fingerprint density at radius 1 is 0.929 bits per heavy atom. The third kappa shape index (κ3) is 5.00. The molecule has 2 aromatic rings. The Balaban J connectivity index is 2.05. The maximum Gasteiger partial charge on any atom is 0.342 e. The van der Waals surface area contributed by atoms with E-state index in [1.54, 1.807) is 31.2 Å². The summed E-state index contributed by atoms with van der Waals surface area (Å²) in [6, 6.07) is 9.42. The zero-order chi connectivity index (χ0) is 20.7. The second-order valence-corrected chi connectivity index (χ2v) is 5.71. The molecule has 2 rings (SSSR count). The summed E-state index contributed by atoms with van der Waals surface area (Å²) in [7, 11) is 4.16. The van der Waals surface area contributed by atoms with Gasteiger partial charge in [0.1, 0.15) is 17.1 Å². The number of esters is 2. The number of rotatable bonds is 7. The van der Waals surface area contributed by atoms with E-state index >= 15 is 0 Å². The van der Waals surface area contributed by atoms with Crippen molar-refractivity contribution in [3.05, 3.63) is 53.1 Å². The largest absolute Gasteiger partial charge is 0.497 e. The van der Waals surface area contributed by atoms with Gasteiger partial charge in [0.2, 0.25) is 0 Å². The molecule has 0 saturated heterocycles. The number of nitrogens with one attached hydrogen (secondary N) is 1. The molecule has 28 heavy (non-hydrogen) atoms. The van der Waals surface area contributed by atoms with Gasteiger partial charge in [-0.1, -0.05) is 6.07 Å². The van der Waals surface area contributed by atoms with Crippen molar-refractivity contribution < 1.29 is 33.3 Å². The number of carbonyl (C=O) groups is 3. The summed E-state index contributed by atoms with van der Waals surface area (Å²) < 4.78 is 19.9. The summed E-state index contributed by atoms with van der Waals surface area (Å²) in [5.74, 6) is -1.06. The second-order valence-electron chi connectivity index (χ2n) is 5.71. The molecule has 8 heteroatoms. The first-order valence-electron chi connectivity index (χ1n) is 8.27. The number of aryl methyl sites for hydroxylation is 1. The summed E-state index contributed by atoms with van der Waals surface area (Å²) in [5.41, 5.74) is 1.59. The van der Waals surface area contributed by atoms with Crippen molar-refractivity contribution in [3.63, 3.8) is 0 Å². The SMILES string of the molecule is COC(=O)c1ccc(C)c(NC(=O)COC(=O)c2cc(OC)ccc2OC)c1. The van der Waals surface area contributed by atoms with Gasteiger partial charge in [0.05, 0.1) is 26.9 Å². The highest BCUT2D eigenvalue weighted by molar-refractivity contribution is 5.98. The first-order valence-corrected chi connectivity index (χ1v) is 8.27. The molecule has 0 bridgehead atoms. The smallest absolute Gasteiger partial charge is 0.342 e. The van der Waals surface area contributed by atoms with Gasteiger partial charge >= 0.3 is 11.9 Å². The van der Waals surface area contributed by atoms with Crippen molar-refractivity contribution in [2.45, 2.75) is 6.92 Å². The minimum atomic E-state index is -0.731. The highest BCUT2D eigenvalue weighted by Crippen LogP contribution is 2.24. The molecule has 148 valence electrons. The van der Waals surface area contributed by atoms with Crippen molar-refractivity contribution >= 4 is 23.5 Å². The van der Waals surface area contributed by atoms with Crippen molar-refractivity contribution in [1.82, 2.24) is 0 Å². The maximum absolute atomic E-state index is 12.3. The summed E-state index contributed by atoms with van der Waals surface area (Å²) >= 11 is 0. The molecule has 0 spiro atoms. The van der Waals surface area contributed by atoms with Crippen molar-refractivity contribution in [2.75, 3.05) is 33.3 Å². The Morgan fingerprint density at radius 3 is 2.32 bits per heavy atom. The van der Waals surface area contributed by atoms with Crippen LogP contribution in [0.5, 0.6) is 11.5 Å². The van der Waals surface area contributed by atoms with Crippen molar-refractivity contribution in [1.29, 1.82) is 0 Å². The normalized spacial score (nSPS) is 10.0. The van der Waals surface area contributed by atoms with E-state index in [9.17, 15) is 14.4 Å². The lowest BCUT2D eigenvalue weighted by molar-refractivity contribution is -0.119. The molecule has 0 aromatic heterocycles. The fourth-order valence-corrected chi connectivity index (χ4v) is 2.37. The summed E-state index contributed by atoms with van der Waals surface area (Å²) in [4.78, 5) is 36.1. The lowest BCUT2D eigenvalue weighted by Crippen LogP contribution is -2.22. The van der Waals surface area contributed by atoms with E-state index in [2.05, 4.69) is 10.1 Å². The topological polar surface area (TPSA) is 100 Å². The first-order chi connectivity index (χ1) is 13.4. The number of anilines is 1. The van der Waals surface area contributed by atoms with Gasteiger partial charge in [0.25, 0.3) is 5.91 Å². The zero-order valence-corrected chi connectivity index (χ0v) is 16.0. The van der Waals surface area contributed by atoms with E-state index in [4.69, 9.17) is 14.2 Å². The molecule has 0 heterocycles. The second kappa shape index (κ2) is 9.40. The Hall–Kier alpha value is -3.55. The van der Waals surface area contributed by atoms with Gasteiger partial charge in [-0.15, -0.1) is 0 Å². The van der Waals surface area contributed by atoms with E-state index in [0.29, 0.717) is 22.7 Å². The average Bonchev–Trinajstić information content (AvgIpc) is 2.72. The molecule has 0 fully saturated rings. The van der Waals surface area contributed by atoms with Crippen LogP contribution < -0.4 is 14.8 Å². The van der Waals surface area contributed by atoms with Gasteiger partial charge in [0, 0.05) is 5.69 Å². The predicted octanol–water partition coefficient (Wildman–Crippen LogP) is 2.59. The lowest BCUT2D eigenvalue weighted by atomic mass is 10.1. The minimum absolute atomic E-state index is 0.138. The van der Waals surface area contributed by atoms with Crippen molar-refractivity contribution in [3.8, 4) is 11.5 Å². The summed E-state index contributed by atoms with van der Waals surface area (Å²) in [6.07, 6.45) is 0. The zero-order valence-electron chi connectivity index (χ0n) is 16.0. The molecular weight excluding hydrogens is 366 g/mol. The van der Waals surface area contributed by atoms with Crippen LogP contribution in [-0.4, -0.2) is 45.8 Å². The van der Waals surface area contributed by atoms with Crippen LogP contribution in [-0.2, 0) is 14.3 Å². The van der Waals surface area contributed by atoms with Gasteiger partial charge in [-0.2, -0.15) is 0 Å². The molecule has 2 aromatic carbocycles. The molecule has 1 N–H and O–H groups in total. The molecule has 1 amide bonds. The Morgan fingerprint density at radius 2 is 1.68 bits per heavy atom. The molecule has 0 saturated carbocycles. The van der Waals surface area contributed by atoms with Crippen LogP contribution in [0.4, 0.5) is 5.69 Å². The highest BCUT2D eigenvalue weighted by atomic mass is 16.5. The van der Waals surface area contributed by atoms with E-state index in [-0.39, 0.29) is 5.56 Å². The number of methoxy groups -OCH3 is 3. The molecular formula is C20H21NO7. The molecule has 0 aliphatic heterocycles. The maximum atomic E-state index is 12.3. The molecule has 0 radical (unpaired) electrons. The van der Waals surface area contributed by atoms with E-state index in [0.717, 1.165) is 5.56 Å². The van der Waals surface area contributed by atoms with Crippen LogP contribution in [0.2, 0.25) is 0 Å². The third-order valence-corrected chi connectivity index (χ3v) is 3.89. The van der Waals surface area contributed by atoms with Gasteiger partial charge in [-0.25, -0.2) is 9.59 Å². The van der Waals surface area contributed by atoms with Crippen LogP contribution in [0.1, 0.15) is 26.3 Å². The molecule has 0 aliphatic rings. The molecule has 8 nitrogen and oxygen atoms in total. The van der Waals surface area contributed by atoms with E-state index in [1.807, 2.05) is 0 Å². The van der Waals surface area contributed by atoms with Crippen LogP contribution in [0.3, 0.4) is 0 Å². The van der Waals surface area contributed by atoms with E-state index in [1.165, 1.54) is 33.5 Å². The minimum Gasteiger partial charge on any atom is -0.497 e. The molecule has 0 atom stereocenters. The van der Waals surface area contributed by atoms with Crippen LogP contribution >= 0.6 is 0 Å². The number of carbonyl (C=O) groups excluding carboxylic acids is 3. The van der Waals surface area contributed by atoms with Crippen LogP contribution in [0, 0.1) is 6.92 Å². The van der Waals surface area contributed by atoms with Gasteiger partial charge in [0.15, 0.2) is 6.61 Å². The number of hydrogen-bond donors (Lipinski definition) is 1. The summed E-state index contributed by atoms with van der Waals surface area (Å²) in [6.45, 7) is 1.25. The summed E-state index contributed by atoms with van der Waals surface area (Å²) in [5, 5.41) is 2.61. The standard InChI is InChI=1S/C20H21NO7/c1-12-5-6-13(19(23)27-4)9-16(12)21-18(22)11-28-20(24)15-10-14(25-2)7-8-17(15)26-3/h5-10H,11H2,1-4H3,(H,21,22). The fourth-order valence-electron chi connectivity index (χ4n) is 2.37. The number of benzene rings is 2. The molecule has 0 unspecified atom stereocenters. The quantitative estimate of drug-likeness (QED) is 0.729. The van der Waals surface area contributed by atoms with Gasteiger partial charge < -0.3 is 24.3 Å². The first kappa shape index (κ1) is 20.8. The third-order valence-electron chi connectivity index (χ3n) is 3.89. The number of ether oxygens (including phenoxy) is 4. The lowest BCUT2D eigenvalue weighted by Gasteiger charge is -2.12. The monoisotopic (exact) mass is 387 g/mol. The number of amides is 1.